The van der Waals surface area contributed by atoms with Crippen LogP contribution in [-0.2, 0) is 0 Å². The summed E-state index contributed by atoms with van der Waals surface area (Å²) >= 11 is 5.74. The number of hydrogen-bond acceptors (Lipinski definition) is 3. The van der Waals surface area contributed by atoms with Crippen LogP contribution >= 0.6 is 11.6 Å². The predicted octanol–water partition coefficient (Wildman–Crippen LogP) is 4.42. The molecular formula is C15H12ClF5N2O. The summed E-state index contributed by atoms with van der Waals surface area (Å²) in [4.78, 5) is 4.06. The molecule has 1 aromatic heterocycles. The lowest BCUT2D eigenvalue weighted by molar-refractivity contribution is -0.253. The Balaban J connectivity index is 2.37. The second-order valence-corrected chi connectivity index (χ2v) is 5.24. The Bertz CT molecular complexity index is 697. The lowest BCUT2D eigenvalue weighted by Gasteiger charge is -2.20. The molecule has 24 heavy (non-hydrogen) atoms. The molecule has 0 aliphatic carbocycles. The highest BCUT2D eigenvalue weighted by Gasteiger charge is 2.44. The molecule has 0 radical (unpaired) electrons. The first kappa shape index (κ1) is 18.4. The zero-order valence-corrected chi connectivity index (χ0v) is 13.0. The molecule has 0 aliphatic rings. The molecule has 2 rings (SSSR count). The number of nitrogens with one attached hydrogen (secondary N) is 1. The van der Waals surface area contributed by atoms with Crippen molar-refractivity contribution in [2.45, 2.75) is 18.6 Å². The third-order valence-corrected chi connectivity index (χ3v) is 3.29. The summed E-state index contributed by atoms with van der Waals surface area (Å²) in [5, 5.41) is 3.21. The Morgan fingerprint density at radius 1 is 1.21 bits per heavy atom. The molecule has 0 amide bonds. The molecule has 2 aromatic rings. The summed E-state index contributed by atoms with van der Waals surface area (Å²) in [7, 11) is 1.54. The Morgan fingerprint density at radius 3 is 2.46 bits per heavy atom. The lowest BCUT2D eigenvalue weighted by Crippen LogP contribution is -2.33. The van der Waals surface area contributed by atoms with E-state index in [1.54, 1.807) is 19.2 Å². The van der Waals surface area contributed by atoms with Crippen LogP contribution in [0, 0.1) is 5.82 Å². The quantitative estimate of drug-likeness (QED) is 0.768. The molecule has 130 valence electrons. The van der Waals surface area contributed by atoms with Crippen molar-refractivity contribution in [1.82, 2.24) is 10.3 Å². The molecule has 0 bridgehead atoms. The lowest BCUT2D eigenvalue weighted by atomic mass is 10.0. The van der Waals surface area contributed by atoms with Gasteiger partial charge in [-0.25, -0.2) is 4.39 Å². The molecule has 0 aliphatic heterocycles. The monoisotopic (exact) mass is 366 g/mol. The molecule has 1 aromatic carbocycles. The fourth-order valence-electron chi connectivity index (χ4n) is 2.05. The van der Waals surface area contributed by atoms with Crippen molar-refractivity contribution in [2.24, 2.45) is 0 Å². The number of halogens is 6. The number of benzene rings is 1. The highest BCUT2D eigenvalue weighted by Crippen LogP contribution is 2.31. The molecule has 1 atom stereocenters. The summed E-state index contributed by atoms with van der Waals surface area (Å²) in [5.74, 6) is -1.63. The van der Waals surface area contributed by atoms with E-state index < -0.39 is 30.1 Å². The van der Waals surface area contributed by atoms with Gasteiger partial charge in [-0.2, -0.15) is 17.6 Å². The van der Waals surface area contributed by atoms with E-state index in [1.807, 2.05) is 0 Å². The number of nitrogens with zero attached hydrogens (tertiary/aromatic N) is 1. The van der Waals surface area contributed by atoms with Gasteiger partial charge in [0.1, 0.15) is 11.6 Å². The van der Waals surface area contributed by atoms with Crippen LogP contribution in [0.4, 0.5) is 22.0 Å². The van der Waals surface area contributed by atoms with Crippen molar-refractivity contribution < 1.29 is 26.7 Å². The van der Waals surface area contributed by atoms with E-state index in [4.69, 9.17) is 11.6 Å². The summed E-state index contributed by atoms with van der Waals surface area (Å²) in [6.45, 7) is 0. The molecule has 0 saturated carbocycles. The predicted molar refractivity (Wildman–Crippen MR) is 78.1 cm³/mol. The van der Waals surface area contributed by atoms with Gasteiger partial charge in [-0.05, 0) is 36.9 Å². The third-order valence-electron chi connectivity index (χ3n) is 3.07. The molecule has 1 heterocycles. The maximum Gasteiger partial charge on any atom is 0.461 e. The summed E-state index contributed by atoms with van der Waals surface area (Å²) in [5.41, 5.74) is 0.603. The minimum Gasteiger partial charge on any atom is -0.428 e. The number of hydrogen-bond donors (Lipinski definition) is 1. The van der Waals surface area contributed by atoms with Crippen LogP contribution in [0.25, 0.3) is 0 Å². The number of ether oxygens (including phenoxy) is 1. The van der Waals surface area contributed by atoms with E-state index in [0.29, 0.717) is 16.8 Å². The van der Waals surface area contributed by atoms with Gasteiger partial charge in [-0.3, -0.25) is 4.98 Å². The van der Waals surface area contributed by atoms with Gasteiger partial charge in [0.15, 0.2) is 0 Å². The van der Waals surface area contributed by atoms with Crippen LogP contribution in [0.15, 0.2) is 36.5 Å². The molecule has 3 nitrogen and oxygen atoms in total. The first-order valence-corrected chi connectivity index (χ1v) is 7.05. The van der Waals surface area contributed by atoms with Crippen LogP contribution in [-0.4, -0.2) is 24.6 Å². The smallest absolute Gasteiger partial charge is 0.428 e. The zero-order chi connectivity index (χ0) is 17.9. The fourth-order valence-corrected chi connectivity index (χ4v) is 2.17. The van der Waals surface area contributed by atoms with Gasteiger partial charge in [0, 0.05) is 12.3 Å². The summed E-state index contributed by atoms with van der Waals surface area (Å²) in [6, 6.07) is 5.13. The van der Waals surface area contributed by atoms with Crippen LogP contribution in [0.5, 0.6) is 5.75 Å². The average molecular weight is 367 g/mol. The van der Waals surface area contributed by atoms with E-state index in [1.165, 1.54) is 6.20 Å². The molecular weight excluding hydrogens is 355 g/mol. The van der Waals surface area contributed by atoms with Gasteiger partial charge in [0.25, 0.3) is 0 Å². The molecule has 0 saturated heterocycles. The summed E-state index contributed by atoms with van der Waals surface area (Å²) < 4.78 is 68.1. The van der Waals surface area contributed by atoms with Crippen LogP contribution in [0.3, 0.4) is 0 Å². The topological polar surface area (TPSA) is 34.1 Å². The minimum atomic E-state index is -4.72. The third kappa shape index (κ3) is 4.33. The molecule has 0 unspecified atom stereocenters. The van der Waals surface area contributed by atoms with Crippen molar-refractivity contribution in [2.75, 3.05) is 7.05 Å². The second-order valence-electron chi connectivity index (χ2n) is 4.81. The van der Waals surface area contributed by atoms with E-state index >= 15 is 0 Å². The van der Waals surface area contributed by atoms with Gasteiger partial charge in [-0.15, -0.1) is 0 Å². The van der Waals surface area contributed by atoms with E-state index in [2.05, 4.69) is 15.0 Å². The standard InChI is InChI=1S/C15H12ClF5N2O/c1-22-13(12-3-2-9(16)7-23-12)8-4-10(17)6-11(5-8)24-15(20,21)14(18)19/h2-7,13-14,22H,1H3/t13-/m0/s1. The Hall–Kier alpha value is -1.93. The van der Waals surface area contributed by atoms with Crippen molar-refractivity contribution in [1.29, 1.82) is 0 Å². The number of aromatic nitrogens is 1. The zero-order valence-electron chi connectivity index (χ0n) is 12.2. The highest BCUT2D eigenvalue weighted by atomic mass is 35.5. The minimum absolute atomic E-state index is 0.174. The largest absolute Gasteiger partial charge is 0.461 e. The van der Waals surface area contributed by atoms with Gasteiger partial charge in [-0.1, -0.05) is 11.6 Å². The fraction of sp³-hybridized carbons (Fsp3) is 0.267. The van der Waals surface area contributed by atoms with Crippen molar-refractivity contribution >= 4 is 11.6 Å². The van der Waals surface area contributed by atoms with Gasteiger partial charge >= 0.3 is 12.5 Å². The van der Waals surface area contributed by atoms with E-state index in [0.717, 1.165) is 12.1 Å². The Labute approximate surface area is 139 Å². The summed E-state index contributed by atoms with van der Waals surface area (Å²) in [6.07, 6.45) is -7.40. The highest BCUT2D eigenvalue weighted by molar-refractivity contribution is 6.30. The maximum absolute atomic E-state index is 13.7. The molecule has 9 heteroatoms. The Kier molecular flexibility index (Phi) is 5.61. The van der Waals surface area contributed by atoms with Crippen LogP contribution < -0.4 is 10.1 Å². The SMILES string of the molecule is CN[C@@H](c1cc(F)cc(OC(F)(F)C(F)F)c1)c1ccc(Cl)cn1. The van der Waals surface area contributed by atoms with Crippen LogP contribution in [0.2, 0.25) is 5.02 Å². The molecule has 1 N–H and O–H groups in total. The maximum atomic E-state index is 13.7. The average Bonchev–Trinajstić information content (AvgIpc) is 2.48. The van der Waals surface area contributed by atoms with Crippen molar-refractivity contribution in [3.8, 4) is 5.75 Å². The first-order valence-electron chi connectivity index (χ1n) is 6.67. The van der Waals surface area contributed by atoms with Crippen molar-refractivity contribution in [3.63, 3.8) is 0 Å². The second kappa shape index (κ2) is 7.31. The van der Waals surface area contributed by atoms with Gasteiger partial charge in [0.2, 0.25) is 0 Å². The van der Waals surface area contributed by atoms with Crippen molar-refractivity contribution in [3.05, 3.63) is 58.6 Å². The van der Waals surface area contributed by atoms with Crippen LogP contribution in [0.1, 0.15) is 17.3 Å². The Morgan fingerprint density at radius 2 is 1.92 bits per heavy atom. The van der Waals surface area contributed by atoms with E-state index in [9.17, 15) is 22.0 Å². The molecule has 0 spiro atoms. The number of pyridine rings is 1. The normalized spacial score (nSPS) is 13.2. The van der Waals surface area contributed by atoms with Gasteiger partial charge in [0.05, 0.1) is 16.8 Å². The number of rotatable bonds is 6. The number of alkyl halides is 4. The molecule has 0 fully saturated rings. The first-order chi connectivity index (χ1) is 11.2. The van der Waals surface area contributed by atoms with E-state index in [-0.39, 0.29) is 5.56 Å². The van der Waals surface area contributed by atoms with Gasteiger partial charge < -0.3 is 10.1 Å².